The number of hydrogen-bond acceptors (Lipinski definition) is 5. The Morgan fingerprint density at radius 1 is 1.47 bits per heavy atom. The Balaban J connectivity index is 2.11. The Morgan fingerprint density at radius 3 is 3.00 bits per heavy atom. The van der Waals surface area contributed by atoms with Crippen molar-refractivity contribution >= 4 is 11.8 Å². The van der Waals surface area contributed by atoms with Gasteiger partial charge in [-0.3, -0.25) is 0 Å². The third-order valence-corrected chi connectivity index (χ3v) is 1.98. The highest BCUT2D eigenvalue weighted by atomic mass is 16.3. The summed E-state index contributed by atoms with van der Waals surface area (Å²) in [7, 11) is 1.89. The lowest BCUT2D eigenvalue weighted by Crippen LogP contribution is -2.19. The Hall–Kier alpha value is -2.04. The Kier molecular flexibility index (Phi) is 2.53. The van der Waals surface area contributed by atoms with Crippen molar-refractivity contribution in [3.05, 3.63) is 36.4 Å². The summed E-state index contributed by atoms with van der Waals surface area (Å²) < 4.78 is 5.23. The molecule has 0 unspecified atom stereocenters. The summed E-state index contributed by atoms with van der Waals surface area (Å²) in [5.74, 6) is 1.92. The van der Waals surface area contributed by atoms with E-state index in [1.54, 1.807) is 18.5 Å². The third kappa shape index (κ3) is 2.25. The molecular formula is C10H12N4O. The number of nitrogens with two attached hydrogens (primary N) is 1. The minimum Gasteiger partial charge on any atom is -0.467 e. The molecule has 0 saturated carbocycles. The first-order valence-electron chi connectivity index (χ1n) is 4.58. The van der Waals surface area contributed by atoms with E-state index in [2.05, 4.69) is 9.97 Å². The van der Waals surface area contributed by atoms with Crippen molar-refractivity contribution < 1.29 is 4.42 Å². The van der Waals surface area contributed by atoms with Crippen molar-refractivity contribution in [1.29, 1.82) is 0 Å². The van der Waals surface area contributed by atoms with Crippen molar-refractivity contribution in [2.75, 3.05) is 17.7 Å². The second kappa shape index (κ2) is 4.00. The fourth-order valence-corrected chi connectivity index (χ4v) is 1.25. The fraction of sp³-hybridized carbons (Fsp3) is 0.200. The van der Waals surface area contributed by atoms with E-state index in [1.165, 1.54) is 0 Å². The zero-order valence-electron chi connectivity index (χ0n) is 8.42. The van der Waals surface area contributed by atoms with E-state index in [4.69, 9.17) is 10.2 Å². The van der Waals surface area contributed by atoms with Crippen LogP contribution in [0.1, 0.15) is 5.76 Å². The predicted octanol–water partition coefficient (Wildman–Crippen LogP) is 1.29. The molecule has 0 aliphatic heterocycles. The molecule has 15 heavy (non-hydrogen) atoms. The van der Waals surface area contributed by atoms with Gasteiger partial charge in [0.15, 0.2) is 0 Å². The van der Waals surface area contributed by atoms with E-state index >= 15 is 0 Å². The lowest BCUT2D eigenvalue weighted by molar-refractivity contribution is 0.506. The van der Waals surface area contributed by atoms with E-state index in [0.29, 0.717) is 18.3 Å². The van der Waals surface area contributed by atoms with Crippen molar-refractivity contribution in [2.45, 2.75) is 6.54 Å². The highest BCUT2D eigenvalue weighted by molar-refractivity contribution is 5.37. The van der Waals surface area contributed by atoms with Crippen molar-refractivity contribution in [2.24, 2.45) is 0 Å². The fourth-order valence-electron chi connectivity index (χ4n) is 1.25. The molecule has 0 fully saturated rings. The van der Waals surface area contributed by atoms with Crippen molar-refractivity contribution in [3.8, 4) is 0 Å². The van der Waals surface area contributed by atoms with Gasteiger partial charge in [-0.25, -0.2) is 4.98 Å². The van der Waals surface area contributed by atoms with Crippen molar-refractivity contribution in [1.82, 2.24) is 9.97 Å². The maximum atomic E-state index is 5.57. The van der Waals surface area contributed by atoms with Gasteiger partial charge < -0.3 is 15.1 Å². The Morgan fingerprint density at radius 2 is 2.33 bits per heavy atom. The summed E-state index contributed by atoms with van der Waals surface area (Å²) in [6.45, 7) is 0.621. The number of hydrogen-bond donors (Lipinski definition) is 1. The van der Waals surface area contributed by atoms with Crippen molar-refractivity contribution in [3.63, 3.8) is 0 Å². The molecule has 0 spiro atoms. The molecule has 2 aromatic rings. The maximum absolute atomic E-state index is 5.57. The summed E-state index contributed by atoms with van der Waals surface area (Å²) in [6, 6.07) is 5.41. The topological polar surface area (TPSA) is 68.2 Å². The number of rotatable bonds is 3. The monoisotopic (exact) mass is 204 g/mol. The zero-order chi connectivity index (χ0) is 10.7. The molecule has 2 rings (SSSR count). The van der Waals surface area contributed by atoms with E-state index in [1.807, 2.05) is 24.1 Å². The number of aromatic nitrogens is 2. The van der Waals surface area contributed by atoms with E-state index in [9.17, 15) is 0 Å². The summed E-state index contributed by atoms with van der Waals surface area (Å²) in [4.78, 5) is 10.1. The van der Waals surface area contributed by atoms with Gasteiger partial charge in [0.05, 0.1) is 12.8 Å². The third-order valence-electron chi connectivity index (χ3n) is 1.98. The number of anilines is 2. The molecular weight excluding hydrogens is 192 g/mol. The van der Waals surface area contributed by atoms with Gasteiger partial charge >= 0.3 is 0 Å². The maximum Gasteiger partial charge on any atom is 0.227 e. The van der Waals surface area contributed by atoms with E-state index in [-0.39, 0.29) is 0 Å². The summed E-state index contributed by atoms with van der Waals surface area (Å²) in [5.41, 5.74) is 5.57. The highest BCUT2D eigenvalue weighted by Gasteiger charge is 2.06. The molecule has 2 aromatic heterocycles. The minimum atomic E-state index is 0.464. The molecule has 0 atom stereocenters. The molecule has 0 amide bonds. The van der Waals surface area contributed by atoms with Crippen LogP contribution in [0.4, 0.5) is 11.8 Å². The number of furan rings is 1. The molecule has 5 nitrogen and oxygen atoms in total. The largest absolute Gasteiger partial charge is 0.467 e. The highest BCUT2D eigenvalue weighted by Crippen LogP contribution is 2.11. The van der Waals surface area contributed by atoms with Gasteiger partial charge in [-0.15, -0.1) is 0 Å². The Bertz CT molecular complexity index is 427. The van der Waals surface area contributed by atoms with Crippen LogP contribution in [0, 0.1) is 0 Å². The number of nitrogen functional groups attached to an aromatic ring is 1. The van der Waals surface area contributed by atoms with Gasteiger partial charge in [0, 0.05) is 13.2 Å². The molecule has 0 radical (unpaired) electrons. The molecule has 0 saturated heterocycles. The molecule has 2 heterocycles. The van der Waals surface area contributed by atoms with E-state index < -0.39 is 0 Å². The first kappa shape index (κ1) is 9.51. The zero-order valence-corrected chi connectivity index (χ0v) is 8.42. The van der Waals surface area contributed by atoms with Gasteiger partial charge in [-0.1, -0.05) is 0 Å². The molecule has 0 aliphatic rings. The van der Waals surface area contributed by atoms with Crippen LogP contribution in [0.5, 0.6) is 0 Å². The summed E-state index contributed by atoms with van der Waals surface area (Å²) in [6.07, 6.45) is 3.28. The minimum absolute atomic E-state index is 0.464. The van der Waals surface area contributed by atoms with Gasteiger partial charge in [0.1, 0.15) is 11.6 Å². The van der Waals surface area contributed by atoms with Crippen LogP contribution in [-0.4, -0.2) is 17.0 Å². The summed E-state index contributed by atoms with van der Waals surface area (Å²) >= 11 is 0. The van der Waals surface area contributed by atoms with Crippen LogP contribution in [-0.2, 0) is 6.54 Å². The van der Waals surface area contributed by atoms with Gasteiger partial charge in [0.25, 0.3) is 0 Å². The van der Waals surface area contributed by atoms with Crippen LogP contribution in [0.2, 0.25) is 0 Å². The standard InChI is InChI=1S/C10H12N4O/c1-14(7-8-3-2-6-15-8)10-12-5-4-9(11)13-10/h2-6H,7H2,1H3,(H2,11,12,13). The average molecular weight is 204 g/mol. The molecule has 78 valence electrons. The van der Waals surface area contributed by atoms with Crippen LogP contribution >= 0.6 is 0 Å². The normalized spacial score (nSPS) is 10.2. The first-order valence-corrected chi connectivity index (χ1v) is 4.58. The van der Waals surface area contributed by atoms with Crippen LogP contribution in [0.15, 0.2) is 35.1 Å². The predicted molar refractivity (Wildman–Crippen MR) is 57.3 cm³/mol. The molecule has 5 heteroatoms. The van der Waals surface area contributed by atoms with Crippen LogP contribution < -0.4 is 10.6 Å². The second-order valence-electron chi connectivity index (χ2n) is 3.22. The van der Waals surface area contributed by atoms with Gasteiger partial charge in [0.2, 0.25) is 5.95 Å². The molecule has 0 aliphatic carbocycles. The molecule has 2 N–H and O–H groups in total. The first-order chi connectivity index (χ1) is 7.25. The van der Waals surface area contributed by atoms with E-state index in [0.717, 1.165) is 5.76 Å². The van der Waals surface area contributed by atoms with Gasteiger partial charge in [-0.2, -0.15) is 4.98 Å². The average Bonchev–Trinajstić information content (AvgIpc) is 2.70. The SMILES string of the molecule is CN(Cc1ccco1)c1nccc(N)n1. The lowest BCUT2D eigenvalue weighted by atomic mass is 10.4. The smallest absolute Gasteiger partial charge is 0.227 e. The van der Waals surface area contributed by atoms with Gasteiger partial charge in [-0.05, 0) is 18.2 Å². The van der Waals surface area contributed by atoms with Crippen LogP contribution in [0.3, 0.4) is 0 Å². The van der Waals surface area contributed by atoms with Crippen LogP contribution in [0.25, 0.3) is 0 Å². The second-order valence-corrected chi connectivity index (χ2v) is 3.22. The Labute approximate surface area is 87.6 Å². The molecule has 0 bridgehead atoms. The molecule has 0 aromatic carbocycles. The number of nitrogens with zero attached hydrogens (tertiary/aromatic N) is 3. The quantitative estimate of drug-likeness (QED) is 0.815. The summed E-state index contributed by atoms with van der Waals surface area (Å²) in [5, 5.41) is 0. The lowest BCUT2D eigenvalue weighted by Gasteiger charge is -2.15.